The number of rotatable bonds is 8. The maximum Gasteiger partial charge on any atom is 0.123 e. The van der Waals surface area contributed by atoms with Gasteiger partial charge in [0.2, 0.25) is 0 Å². The van der Waals surface area contributed by atoms with E-state index < -0.39 is 0 Å². The highest BCUT2D eigenvalue weighted by molar-refractivity contribution is 6.18. The Kier molecular flexibility index (Phi) is 7.14. The van der Waals surface area contributed by atoms with Crippen molar-refractivity contribution >= 4 is 11.6 Å². The Bertz CT molecular complexity index is 339. The van der Waals surface area contributed by atoms with Crippen LogP contribution in [0.4, 0.5) is 0 Å². The predicted octanol–water partition coefficient (Wildman–Crippen LogP) is 3.92. The van der Waals surface area contributed by atoms with Crippen LogP contribution >= 0.6 is 11.6 Å². The third-order valence-corrected chi connectivity index (χ3v) is 3.57. The zero-order valence-electron chi connectivity index (χ0n) is 11.7. The van der Waals surface area contributed by atoms with E-state index in [4.69, 9.17) is 16.3 Å². The van der Waals surface area contributed by atoms with Crippen LogP contribution < -0.4 is 4.74 Å². The van der Waals surface area contributed by atoms with E-state index in [1.165, 1.54) is 5.56 Å². The first kappa shape index (κ1) is 15.3. The molecule has 0 aromatic heterocycles. The summed E-state index contributed by atoms with van der Waals surface area (Å²) in [5.74, 6) is 1.63. The summed E-state index contributed by atoms with van der Waals surface area (Å²) in [6, 6.07) is 8.80. The van der Waals surface area contributed by atoms with E-state index in [2.05, 4.69) is 30.9 Å². The number of hydrogen-bond acceptors (Lipinski definition) is 2. The first-order valence-corrected chi connectivity index (χ1v) is 7.22. The van der Waals surface area contributed by atoms with Crippen molar-refractivity contribution in [1.29, 1.82) is 0 Å². The highest BCUT2D eigenvalue weighted by Gasteiger charge is 2.16. The topological polar surface area (TPSA) is 12.5 Å². The number of alkyl halides is 1. The molecule has 102 valence electrons. The van der Waals surface area contributed by atoms with Crippen LogP contribution in [0.5, 0.6) is 5.75 Å². The fourth-order valence-electron chi connectivity index (χ4n) is 2.36. The molecule has 0 saturated carbocycles. The summed E-state index contributed by atoms with van der Waals surface area (Å²) in [5, 5.41) is 0. The SMILES string of the molecule is CCC(CC)N(CCCl)Cc1ccccc1OC. The maximum absolute atomic E-state index is 5.92. The standard InChI is InChI=1S/C15H24ClNO/c1-4-14(5-2)17(11-10-16)12-13-8-6-7-9-15(13)18-3/h6-9,14H,4-5,10-12H2,1-3H3. The molecule has 0 spiro atoms. The molecule has 18 heavy (non-hydrogen) atoms. The average molecular weight is 270 g/mol. The Hall–Kier alpha value is -0.730. The van der Waals surface area contributed by atoms with Gasteiger partial charge in [0.05, 0.1) is 7.11 Å². The fourth-order valence-corrected chi connectivity index (χ4v) is 2.57. The summed E-state index contributed by atoms with van der Waals surface area (Å²) in [6.07, 6.45) is 2.31. The van der Waals surface area contributed by atoms with Crippen molar-refractivity contribution in [2.45, 2.75) is 39.3 Å². The third kappa shape index (κ3) is 4.18. The van der Waals surface area contributed by atoms with Gasteiger partial charge in [0.1, 0.15) is 5.75 Å². The van der Waals surface area contributed by atoms with Gasteiger partial charge < -0.3 is 4.74 Å². The molecule has 0 aliphatic rings. The second kappa shape index (κ2) is 8.39. The van der Waals surface area contributed by atoms with Crippen LogP contribution in [-0.4, -0.2) is 30.5 Å². The number of nitrogens with zero attached hydrogens (tertiary/aromatic N) is 1. The number of hydrogen-bond donors (Lipinski definition) is 0. The Labute approximate surface area is 116 Å². The summed E-state index contributed by atoms with van der Waals surface area (Å²) in [4.78, 5) is 2.45. The number of ether oxygens (including phenoxy) is 1. The molecule has 0 aliphatic heterocycles. The minimum absolute atomic E-state index is 0.591. The smallest absolute Gasteiger partial charge is 0.123 e. The minimum Gasteiger partial charge on any atom is -0.496 e. The van der Waals surface area contributed by atoms with Gasteiger partial charge in [-0.15, -0.1) is 11.6 Å². The van der Waals surface area contributed by atoms with Crippen LogP contribution in [-0.2, 0) is 6.54 Å². The molecule has 1 aromatic rings. The number of para-hydroxylation sites is 1. The van der Waals surface area contributed by atoms with Gasteiger partial charge in [-0.2, -0.15) is 0 Å². The lowest BCUT2D eigenvalue weighted by molar-refractivity contribution is 0.186. The maximum atomic E-state index is 5.92. The highest BCUT2D eigenvalue weighted by Crippen LogP contribution is 2.21. The van der Waals surface area contributed by atoms with Crippen molar-refractivity contribution in [3.8, 4) is 5.75 Å². The predicted molar refractivity (Wildman–Crippen MR) is 78.5 cm³/mol. The molecule has 3 heteroatoms. The molecule has 0 fully saturated rings. The van der Waals surface area contributed by atoms with Gasteiger partial charge in [0.25, 0.3) is 0 Å². The van der Waals surface area contributed by atoms with E-state index in [0.29, 0.717) is 11.9 Å². The lowest BCUT2D eigenvalue weighted by Gasteiger charge is -2.30. The molecular formula is C15H24ClNO. The van der Waals surface area contributed by atoms with E-state index >= 15 is 0 Å². The Morgan fingerprint density at radius 3 is 2.44 bits per heavy atom. The van der Waals surface area contributed by atoms with Gasteiger partial charge in [-0.1, -0.05) is 32.0 Å². The molecule has 0 heterocycles. The molecule has 0 atom stereocenters. The largest absolute Gasteiger partial charge is 0.496 e. The second-order valence-corrected chi connectivity index (χ2v) is 4.82. The Morgan fingerprint density at radius 2 is 1.89 bits per heavy atom. The second-order valence-electron chi connectivity index (χ2n) is 4.44. The van der Waals surface area contributed by atoms with Gasteiger partial charge in [0.15, 0.2) is 0 Å². The van der Waals surface area contributed by atoms with Crippen LogP contribution in [0, 0.1) is 0 Å². The van der Waals surface area contributed by atoms with Crippen LogP contribution in [0.25, 0.3) is 0 Å². The molecule has 1 rings (SSSR count). The Morgan fingerprint density at radius 1 is 1.22 bits per heavy atom. The number of benzene rings is 1. The number of halogens is 1. The monoisotopic (exact) mass is 269 g/mol. The van der Waals surface area contributed by atoms with Crippen LogP contribution in [0.15, 0.2) is 24.3 Å². The van der Waals surface area contributed by atoms with Gasteiger partial charge in [-0.3, -0.25) is 4.90 Å². The van der Waals surface area contributed by atoms with Crippen molar-refractivity contribution in [3.63, 3.8) is 0 Å². The van der Waals surface area contributed by atoms with Gasteiger partial charge in [-0.05, 0) is 18.9 Å². The van der Waals surface area contributed by atoms with Crippen molar-refractivity contribution in [1.82, 2.24) is 4.90 Å². The van der Waals surface area contributed by atoms with E-state index in [0.717, 1.165) is 31.7 Å². The van der Waals surface area contributed by atoms with Crippen LogP contribution in [0.2, 0.25) is 0 Å². The van der Waals surface area contributed by atoms with Crippen LogP contribution in [0.3, 0.4) is 0 Å². The molecule has 0 amide bonds. The number of methoxy groups -OCH3 is 1. The van der Waals surface area contributed by atoms with Gasteiger partial charge in [0, 0.05) is 30.6 Å². The lowest BCUT2D eigenvalue weighted by atomic mass is 10.1. The molecule has 0 saturated heterocycles. The molecule has 2 nitrogen and oxygen atoms in total. The summed E-state index contributed by atoms with van der Waals surface area (Å²) < 4.78 is 5.41. The minimum atomic E-state index is 0.591. The van der Waals surface area contributed by atoms with E-state index in [1.807, 2.05) is 12.1 Å². The van der Waals surface area contributed by atoms with E-state index in [-0.39, 0.29) is 0 Å². The van der Waals surface area contributed by atoms with E-state index in [1.54, 1.807) is 7.11 Å². The normalized spacial score (nSPS) is 11.2. The van der Waals surface area contributed by atoms with Crippen molar-refractivity contribution in [2.75, 3.05) is 19.5 Å². The summed E-state index contributed by atoms with van der Waals surface area (Å²) in [7, 11) is 1.72. The average Bonchev–Trinajstić information content (AvgIpc) is 2.41. The Balaban J connectivity index is 2.81. The fraction of sp³-hybridized carbons (Fsp3) is 0.600. The molecule has 0 unspecified atom stereocenters. The van der Waals surface area contributed by atoms with Gasteiger partial charge >= 0.3 is 0 Å². The van der Waals surface area contributed by atoms with Crippen molar-refractivity contribution in [2.24, 2.45) is 0 Å². The molecule has 1 aromatic carbocycles. The molecule has 0 N–H and O–H groups in total. The third-order valence-electron chi connectivity index (χ3n) is 3.40. The van der Waals surface area contributed by atoms with Gasteiger partial charge in [-0.25, -0.2) is 0 Å². The first-order chi connectivity index (χ1) is 8.76. The van der Waals surface area contributed by atoms with Crippen molar-refractivity contribution in [3.05, 3.63) is 29.8 Å². The lowest BCUT2D eigenvalue weighted by Crippen LogP contribution is -2.35. The molecule has 0 bridgehead atoms. The molecule has 0 radical (unpaired) electrons. The summed E-state index contributed by atoms with van der Waals surface area (Å²) in [5.41, 5.74) is 1.23. The summed E-state index contributed by atoms with van der Waals surface area (Å²) >= 11 is 5.92. The zero-order chi connectivity index (χ0) is 13.4. The van der Waals surface area contributed by atoms with Crippen LogP contribution in [0.1, 0.15) is 32.3 Å². The molecule has 0 aliphatic carbocycles. The zero-order valence-corrected chi connectivity index (χ0v) is 12.4. The highest BCUT2D eigenvalue weighted by atomic mass is 35.5. The first-order valence-electron chi connectivity index (χ1n) is 6.68. The van der Waals surface area contributed by atoms with E-state index in [9.17, 15) is 0 Å². The quantitative estimate of drug-likeness (QED) is 0.663. The molecular weight excluding hydrogens is 246 g/mol. The van der Waals surface area contributed by atoms with Crippen molar-refractivity contribution < 1.29 is 4.74 Å². The summed E-state index contributed by atoms with van der Waals surface area (Å²) in [6.45, 7) is 6.30.